The number of thiazole rings is 1. The second-order valence-corrected chi connectivity index (χ2v) is 6.12. The average molecular weight is 355 g/mol. The number of hydrogen-bond acceptors (Lipinski definition) is 7. The number of amides is 1. The molecule has 1 amide bonds. The molecule has 0 aliphatic rings. The number of hydrogen-bond donors (Lipinski definition) is 2. The Morgan fingerprint density at radius 2 is 2.12 bits per heavy atom. The van der Waals surface area contributed by atoms with Gasteiger partial charge in [-0.2, -0.15) is 0 Å². The van der Waals surface area contributed by atoms with Crippen LogP contribution in [0, 0.1) is 0 Å². The van der Waals surface area contributed by atoms with E-state index in [1.807, 2.05) is 35.7 Å². The molecule has 8 heteroatoms. The Labute approximate surface area is 148 Å². The Morgan fingerprint density at radius 1 is 1.32 bits per heavy atom. The lowest BCUT2D eigenvalue weighted by atomic mass is 10.1. The topological polar surface area (TPSA) is 103 Å². The molecular formula is C17H17N5O2S. The lowest BCUT2D eigenvalue weighted by Gasteiger charge is -2.08. The molecule has 0 aliphatic heterocycles. The van der Waals surface area contributed by atoms with Crippen LogP contribution in [0.25, 0.3) is 22.5 Å². The van der Waals surface area contributed by atoms with Gasteiger partial charge in [0.25, 0.3) is 0 Å². The quantitative estimate of drug-likeness (QED) is 0.702. The molecule has 0 fully saturated rings. The van der Waals surface area contributed by atoms with Crippen LogP contribution in [0.4, 0.5) is 5.13 Å². The minimum Gasteiger partial charge on any atom is -0.383 e. The van der Waals surface area contributed by atoms with Crippen molar-refractivity contribution in [3.8, 4) is 22.5 Å². The van der Waals surface area contributed by atoms with Gasteiger partial charge in [0, 0.05) is 29.8 Å². The zero-order valence-electron chi connectivity index (χ0n) is 13.5. The third kappa shape index (κ3) is 4.24. The highest BCUT2D eigenvalue weighted by Crippen LogP contribution is 2.28. The van der Waals surface area contributed by atoms with Crippen LogP contribution < -0.4 is 11.1 Å². The summed E-state index contributed by atoms with van der Waals surface area (Å²) in [5.41, 5.74) is 9.23. The van der Waals surface area contributed by atoms with Gasteiger partial charge in [-0.25, -0.2) is 15.0 Å². The van der Waals surface area contributed by atoms with Gasteiger partial charge < -0.3 is 15.8 Å². The molecule has 1 atom stereocenters. The lowest BCUT2D eigenvalue weighted by molar-refractivity contribution is -0.118. The van der Waals surface area contributed by atoms with Crippen molar-refractivity contribution in [3.05, 3.63) is 48.2 Å². The maximum atomic E-state index is 11.9. The zero-order chi connectivity index (χ0) is 17.6. The van der Waals surface area contributed by atoms with E-state index in [2.05, 4.69) is 20.3 Å². The van der Waals surface area contributed by atoms with Gasteiger partial charge in [-0.3, -0.25) is 4.79 Å². The fourth-order valence-electron chi connectivity index (χ4n) is 2.22. The molecule has 2 heterocycles. The predicted molar refractivity (Wildman–Crippen MR) is 97.1 cm³/mol. The summed E-state index contributed by atoms with van der Waals surface area (Å²) in [4.78, 5) is 24.6. The molecule has 3 N–H and O–H groups in total. The van der Waals surface area contributed by atoms with Gasteiger partial charge in [0.15, 0.2) is 5.13 Å². The highest BCUT2D eigenvalue weighted by molar-refractivity contribution is 7.14. The second kappa shape index (κ2) is 7.93. The number of ether oxygens (including phenoxy) is 1. The Morgan fingerprint density at radius 3 is 2.84 bits per heavy atom. The summed E-state index contributed by atoms with van der Waals surface area (Å²) >= 11 is 1.34. The van der Waals surface area contributed by atoms with Crippen molar-refractivity contribution in [3.63, 3.8) is 0 Å². The molecular weight excluding hydrogens is 338 g/mol. The monoisotopic (exact) mass is 355 g/mol. The fourth-order valence-corrected chi connectivity index (χ4v) is 2.94. The van der Waals surface area contributed by atoms with E-state index in [1.54, 1.807) is 6.20 Å². The number of nitrogens with zero attached hydrogens (tertiary/aromatic N) is 3. The molecule has 0 radical (unpaired) electrons. The standard InChI is InChI=1S/C17H17N5O2S/c1-24-8-13(18)16(23)22-17-21-15(9-25-17)12-4-2-3-11(7-12)14-5-6-19-10-20-14/h2-7,9-10,13H,8,18H2,1H3,(H,21,22,23). The highest BCUT2D eigenvalue weighted by atomic mass is 32.1. The molecule has 1 unspecified atom stereocenters. The smallest absolute Gasteiger partial charge is 0.245 e. The van der Waals surface area contributed by atoms with Crippen LogP contribution in [-0.4, -0.2) is 40.6 Å². The molecule has 0 aliphatic carbocycles. The Hall–Kier alpha value is -2.68. The van der Waals surface area contributed by atoms with Gasteiger partial charge in [0.05, 0.1) is 18.0 Å². The minimum absolute atomic E-state index is 0.158. The molecule has 1 aromatic carbocycles. The predicted octanol–water partition coefficient (Wildman–Crippen LogP) is 2.18. The molecule has 3 aromatic rings. The van der Waals surface area contributed by atoms with Crippen LogP contribution in [0.5, 0.6) is 0 Å². The zero-order valence-corrected chi connectivity index (χ0v) is 14.4. The fraction of sp³-hybridized carbons (Fsp3) is 0.176. The first-order chi connectivity index (χ1) is 12.2. The van der Waals surface area contributed by atoms with E-state index >= 15 is 0 Å². The number of carbonyl (C=O) groups is 1. The van der Waals surface area contributed by atoms with E-state index in [0.29, 0.717) is 5.13 Å². The second-order valence-electron chi connectivity index (χ2n) is 5.26. The number of rotatable bonds is 6. The van der Waals surface area contributed by atoms with E-state index < -0.39 is 6.04 Å². The maximum Gasteiger partial charge on any atom is 0.245 e. The van der Waals surface area contributed by atoms with Crippen LogP contribution in [0.2, 0.25) is 0 Å². The number of nitrogens with one attached hydrogen (secondary N) is 1. The first-order valence-corrected chi connectivity index (χ1v) is 8.43. The van der Waals surface area contributed by atoms with Crippen molar-refractivity contribution in [1.82, 2.24) is 15.0 Å². The Balaban J connectivity index is 1.78. The molecule has 7 nitrogen and oxygen atoms in total. The molecule has 0 saturated heterocycles. The molecule has 3 rings (SSSR count). The van der Waals surface area contributed by atoms with Gasteiger partial charge in [0.1, 0.15) is 12.4 Å². The molecule has 0 bridgehead atoms. The van der Waals surface area contributed by atoms with Crippen molar-refractivity contribution in [2.45, 2.75) is 6.04 Å². The number of carbonyl (C=O) groups excluding carboxylic acids is 1. The summed E-state index contributed by atoms with van der Waals surface area (Å²) in [6.07, 6.45) is 3.22. The highest BCUT2D eigenvalue weighted by Gasteiger charge is 2.15. The van der Waals surface area contributed by atoms with Crippen molar-refractivity contribution in [2.24, 2.45) is 5.73 Å². The number of aromatic nitrogens is 3. The third-order valence-corrected chi connectivity index (χ3v) is 4.21. The largest absolute Gasteiger partial charge is 0.383 e. The minimum atomic E-state index is -0.724. The van der Waals surface area contributed by atoms with Gasteiger partial charge in [-0.1, -0.05) is 18.2 Å². The SMILES string of the molecule is COCC(N)C(=O)Nc1nc(-c2cccc(-c3ccncn3)c2)cs1. The first kappa shape index (κ1) is 17.2. The van der Waals surface area contributed by atoms with Crippen LogP contribution in [0.1, 0.15) is 0 Å². The van der Waals surface area contributed by atoms with Crippen molar-refractivity contribution in [1.29, 1.82) is 0 Å². The lowest BCUT2D eigenvalue weighted by Crippen LogP contribution is -2.39. The van der Waals surface area contributed by atoms with E-state index in [1.165, 1.54) is 24.8 Å². The Bertz CT molecular complexity index is 853. The average Bonchev–Trinajstić information content (AvgIpc) is 3.11. The van der Waals surface area contributed by atoms with E-state index in [-0.39, 0.29) is 12.5 Å². The van der Waals surface area contributed by atoms with E-state index in [4.69, 9.17) is 10.5 Å². The van der Waals surface area contributed by atoms with Gasteiger partial charge >= 0.3 is 0 Å². The van der Waals surface area contributed by atoms with Crippen molar-refractivity contribution >= 4 is 22.4 Å². The summed E-state index contributed by atoms with van der Waals surface area (Å²) in [6, 6.07) is 9.01. The third-order valence-electron chi connectivity index (χ3n) is 3.45. The number of nitrogens with two attached hydrogens (primary N) is 1. The maximum absolute atomic E-state index is 11.9. The van der Waals surface area contributed by atoms with E-state index in [0.717, 1.165) is 22.5 Å². The van der Waals surface area contributed by atoms with Crippen LogP contribution >= 0.6 is 11.3 Å². The molecule has 0 spiro atoms. The summed E-state index contributed by atoms with van der Waals surface area (Å²) in [5, 5.41) is 5.09. The van der Waals surface area contributed by atoms with Crippen LogP contribution in [0.15, 0.2) is 48.2 Å². The summed E-state index contributed by atoms with van der Waals surface area (Å²) in [6.45, 7) is 0.158. The normalized spacial score (nSPS) is 11.9. The Kier molecular flexibility index (Phi) is 5.44. The van der Waals surface area contributed by atoms with Gasteiger partial charge in [-0.15, -0.1) is 11.3 Å². The van der Waals surface area contributed by atoms with Crippen molar-refractivity contribution < 1.29 is 9.53 Å². The van der Waals surface area contributed by atoms with Crippen LogP contribution in [-0.2, 0) is 9.53 Å². The van der Waals surface area contributed by atoms with E-state index in [9.17, 15) is 4.79 Å². The molecule has 128 valence electrons. The molecule has 0 saturated carbocycles. The summed E-state index contributed by atoms with van der Waals surface area (Å²) in [7, 11) is 1.50. The number of benzene rings is 1. The molecule has 2 aromatic heterocycles. The van der Waals surface area contributed by atoms with Gasteiger partial charge in [-0.05, 0) is 12.1 Å². The number of methoxy groups -OCH3 is 1. The van der Waals surface area contributed by atoms with Gasteiger partial charge in [0.2, 0.25) is 5.91 Å². The first-order valence-electron chi connectivity index (χ1n) is 7.55. The number of anilines is 1. The summed E-state index contributed by atoms with van der Waals surface area (Å²) in [5.74, 6) is -0.322. The summed E-state index contributed by atoms with van der Waals surface area (Å²) < 4.78 is 4.88. The van der Waals surface area contributed by atoms with Crippen LogP contribution in [0.3, 0.4) is 0 Å². The molecule has 25 heavy (non-hydrogen) atoms. The van der Waals surface area contributed by atoms with Crippen molar-refractivity contribution in [2.75, 3.05) is 19.0 Å².